The van der Waals surface area contributed by atoms with Crippen LogP contribution in [-0.2, 0) is 6.18 Å². The fourth-order valence-corrected chi connectivity index (χ4v) is 3.59. The van der Waals surface area contributed by atoms with Gasteiger partial charge in [-0.05, 0) is 49.7 Å². The van der Waals surface area contributed by atoms with Crippen LogP contribution >= 0.6 is 0 Å². The van der Waals surface area contributed by atoms with E-state index in [1.165, 1.54) is 24.3 Å². The van der Waals surface area contributed by atoms with Gasteiger partial charge in [-0.3, -0.25) is 0 Å². The van der Waals surface area contributed by atoms with Gasteiger partial charge >= 0.3 is 6.18 Å². The second kappa shape index (κ2) is 6.39. The van der Waals surface area contributed by atoms with Gasteiger partial charge in [0, 0.05) is 28.8 Å². The maximum atomic E-state index is 13.6. The van der Waals surface area contributed by atoms with Crippen LogP contribution in [0.5, 0.6) is 0 Å². The Morgan fingerprint density at radius 3 is 2.38 bits per heavy atom. The molecular weight excluding hydrogens is 346 g/mol. The van der Waals surface area contributed by atoms with Crippen LogP contribution in [0.4, 0.5) is 17.6 Å². The monoisotopic (exact) mass is 363 g/mol. The first-order chi connectivity index (χ1) is 12.4. The predicted octanol–water partition coefficient (Wildman–Crippen LogP) is 4.85. The van der Waals surface area contributed by atoms with Crippen LogP contribution in [0.15, 0.2) is 36.5 Å². The number of hydrogen-bond donors (Lipinski definition) is 2. The molecule has 7 heteroatoms. The van der Waals surface area contributed by atoms with Gasteiger partial charge < -0.3 is 10.3 Å². The Kier molecular flexibility index (Phi) is 4.19. The number of hydrogen-bond acceptors (Lipinski definition) is 2. The lowest BCUT2D eigenvalue weighted by molar-refractivity contribution is -0.137. The first kappa shape index (κ1) is 17.0. The normalized spacial score (nSPS) is 16.3. The zero-order valence-corrected chi connectivity index (χ0v) is 13.8. The number of nitrogens with zero attached hydrogens (tertiary/aromatic N) is 1. The highest BCUT2D eigenvalue weighted by Crippen LogP contribution is 2.41. The number of H-pyrrole nitrogens is 1. The van der Waals surface area contributed by atoms with Crippen molar-refractivity contribution in [3.05, 3.63) is 53.6 Å². The number of rotatable bonds is 2. The maximum Gasteiger partial charge on any atom is 0.418 e. The Balaban J connectivity index is 1.92. The summed E-state index contributed by atoms with van der Waals surface area (Å²) in [6.07, 6.45) is -1.85. The zero-order valence-electron chi connectivity index (χ0n) is 13.8. The van der Waals surface area contributed by atoms with Crippen molar-refractivity contribution >= 4 is 11.0 Å². The average Bonchev–Trinajstić information content (AvgIpc) is 3.06. The van der Waals surface area contributed by atoms with Gasteiger partial charge in [0.2, 0.25) is 0 Å². The number of benzene rings is 1. The quantitative estimate of drug-likeness (QED) is 0.639. The van der Waals surface area contributed by atoms with Gasteiger partial charge in [-0.25, -0.2) is 9.37 Å². The molecule has 1 fully saturated rings. The van der Waals surface area contributed by atoms with Gasteiger partial charge in [0.1, 0.15) is 11.5 Å². The lowest BCUT2D eigenvalue weighted by Crippen LogP contribution is -2.26. The average molecular weight is 363 g/mol. The minimum atomic E-state index is -4.54. The molecule has 1 saturated heterocycles. The van der Waals surface area contributed by atoms with Gasteiger partial charge in [-0.15, -0.1) is 0 Å². The van der Waals surface area contributed by atoms with E-state index in [-0.39, 0.29) is 11.5 Å². The Bertz CT molecular complexity index is 922. The third kappa shape index (κ3) is 3.07. The summed E-state index contributed by atoms with van der Waals surface area (Å²) in [5.74, 6) is -0.224. The van der Waals surface area contributed by atoms with Gasteiger partial charge in [-0.1, -0.05) is 12.1 Å². The molecule has 0 atom stereocenters. The second-order valence-corrected chi connectivity index (χ2v) is 6.56. The van der Waals surface area contributed by atoms with E-state index in [9.17, 15) is 17.6 Å². The molecule has 0 saturated carbocycles. The molecule has 1 aromatic carbocycles. The van der Waals surface area contributed by atoms with Crippen LogP contribution in [0, 0.1) is 5.82 Å². The fraction of sp³-hybridized carbons (Fsp3) is 0.316. The third-order valence-electron chi connectivity index (χ3n) is 4.90. The molecule has 0 radical (unpaired) electrons. The Morgan fingerprint density at radius 2 is 1.73 bits per heavy atom. The molecule has 4 rings (SSSR count). The van der Waals surface area contributed by atoms with E-state index in [0.717, 1.165) is 37.8 Å². The summed E-state index contributed by atoms with van der Waals surface area (Å²) >= 11 is 0. The van der Waals surface area contributed by atoms with E-state index >= 15 is 0 Å². The first-order valence-corrected chi connectivity index (χ1v) is 8.49. The Morgan fingerprint density at radius 1 is 1.04 bits per heavy atom. The van der Waals surface area contributed by atoms with Crippen LogP contribution in [-0.4, -0.2) is 23.1 Å². The number of aromatic amines is 1. The molecule has 3 nitrogen and oxygen atoms in total. The molecule has 0 spiro atoms. The van der Waals surface area contributed by atoms with Crippen molar-refractivity contribution in [1.29, 1.82) is 0 Å². The number of pyridine rings is 1. The molecule has 0 unspecified atom stereocenters. The minimum absolute atomic E-state index is 0.0407. The molecule has 3 aromatic rings. The van der Waals surface area contributed by atoms with Gasteiger partial charge in [0.15, 0.2) is 0 Å². The summed E-state index contributed by atoms with van der Waals surface area (Å²) in [4.78, 5) is 7.19. The molecule has 3 heterocycles. The summed E-state index contributed by atoms with van der Waals surface area (Å²) in [7, 11) is 0. The largest absolute Gasteiger partial charge is 0.418 e. The zero-order chi connectivity index (χ0) is 18.3. The van der Waals surface area contributed by atoms with Crippen molar-refractivity contribution in [2.75, 3.05) is 13.1 Å². The molecule has 136 valence electrons. The highest BCUT2D eigenvalue weighted by Gasteiger charge is 2.35. The molecule has 0 aliphatic carbocycles. The smallest absolute Gasteiger partial charge is 0.343 e. The topological polar surface area (TPSA) is 40.7 Å². The predicted molar refractivity (Wildman–Crippen MR) is 91.3 cm³/mol. The molecule has 2 aromatic heterocycles. The molecule has 2 N–H and O–H groups in total. The number of nitrogens with one attached hydrogen (secondary N) is 2. The molecule has 0 amide bonds. The van der Waals surface area contributed by atoms with Crippen molar-refractivity contribution in [3.63, 3.8) is 0 Å². The molecular formula is C19H17F4N3. The number of piperidine rings is 1. The standard InChI is InChI=1S/C19H17F4N3/c20-13-3-1-12(2-4-13)17-14-9-16(11-5-7-24-8-6-11)26-18(14)25-10-15(17)19(21,22)23/h1-4,9-11,24H,5-8H2,(H,25,26). The second-order valence-electron chi connectivity index (χ2n) is 6.56. The van der Waals surface area contributed by atoms with Crippen molar-refractivity contribution < 1.29 is 17.6 Å². The Hall–Kier alpha value is -2.41. The molecule has 1 aliphatic rings. The minimum Gasteiger partial charge on any atom is -0.343 e. The number of alkyl halides is 3. The number of aromatic nitrogens is 2. The Labute approximate surface area is 147 Å². The first-order valence-electron chi connectivity index (χ1n) is 8.49. The maximum absolute atomic E-state index is 13.6. The van der Waals surface area contributed by atoms with Crippen LogP contribution in [0.25, 0.3) is 22.2 Å². The van der Waals surface area contributed by atoms with Gasteiger partial charge in [0.05, 0.1) is 5.56 Å². The fourth-order valence-electron chi connectivity index (χ4n) is 3.59. The van der Waals surface area contributed by atoms with Gasteiger partial charge in [0.25, 0.3) is 0 Å². The van der Waals surface area contributed by atoms with E-state index in [1.54, 1.807) is 6.07 Å². The van der Waals surface area contributed by atoms with Crippen molar-refractivity contribution in [1.82, 2.24) is 15.3 Å². The molecule has 0 bridgehead atoms. The van der Waals surface area contributed by atoms with Crippen LogP contribution in [0.2, 0.25) is 0 Å². The van der Waals surface area contributed by atoms with Crippen LogP contribution in [0.1, 0.15) is 30.0 Å². The summed E-state index contributed by atoms with van der Waals surface area (Å²) in [5.41, 5.74) is 0.871. The molecule has 1 aliphatic heterocycles. The van der Waals surface area contributed by atoms with Gasteiger partial charge in [-0.2, -0.15) is 13.2 Å². The highest BCUT2D eigenvalue weighted by atomic mass is 19.4. The third-order valence-corrected chi connectivity index (χ3v) is 4.90. The summed E-state index contributed by atoms with van der Waals surface area (Å²) in [5, 5.41) is 3.69. The van der Waals surface area contributed by atoms with Crippen molar-refractivity contribution in [2.45, 2.75) is 24.9 Å². The lowest BCUT2D eigenvalue weighted by atomic mass is 9.93. The van der Waals surface area contributed by atoms with E-state index in [0.29, 0.717) is 16.6 Å². The highest BCUT2D eigenvalue weighted by molar-refractivity contribution is 5.95. The number of halogens is 4. The lowest BCUT2D eigenvalue weighted by Gasteiger charge is -2.21. The van der Waals surface area contributed by atoms with Crippen LogP contribution < -0.4 is 5.32 Å². The molecule has 26 heavy (non-hydrogen) atoms. The van der Waals surface area contributed by atoms with Crippen molar-refractivity contribution in [3.8, 4) is 11.1 Å². The van der Waals surface area contributed by atoms with E-state index in [1.807, 2.05) is 0 Å². The SMILES string of the molecule is Fc1ccc(-c2c(C(F)(F)F)cnc3[nH]c(C4CCNCC4)cc23)cc1. The summed E-state index contributed by atoms with van der Waals surface area (Å²) in [6.45, 7) is 1.76. The van der Waals surface area contributed by atoms with E-state index in [2.05, 4.69) is 15.3 Å². The van der Waals surface area contributed by atoms with Crippen molar-refractivity contribution in [2.24, 2.45) is 0 Å². The number of fused-ring (bicyclic) bond motifs is 1. The summed E-state index contributed by atoms with van der Waals surface area (Å²) < 4.78 is 54.0. The van der Waals surface area contributed by atoms with Crippen LogP contribution in [0.3, 0.4) is 0 Å². The summed E-state index contributed by atoms with van der Waals surface area (Å²) in [6, 6.07) is 6.85. The van der Waals surface area contributed by atoms with E-state index < -0.39 is 17.6 Å². The van der Waals surface area contributed by atoms with E-state index in [4.69, 9.17) is 0 Å².